The lowest BCUT2D eigenvalue weighted by atomic mass is 9.90. The first-order valence-corrected chi connectivity index (χ1v) is 7.06. The van der Waals surface area contributed by atoms with Gasteiger partial charge >= 0.3 is 0 Å². The van der Waals surface area contributed by atoms with Crippen LogP contribution in [0.5, 0.6) is 0 Å². The molecule has 0 aliphatic carbocycles. The molecule has 4 nitrogen and oxygen atoms in total. The molecule has 1 radical (unpaired) electrons. The maximum Gasteiger partial charge on any atom is 0.180 e. The molecule has 0 heterocycles. The molecule has 113 valence electrons. The van der Waals surface area contributed by atoms with Crippen LogP contribution in [0, 0.1) is 5.92 Å². The number of para-hydroxylation sites is 2. The van der Waals surface area contributed by atoms with E-state index in [0.717, 1.165) is 0 Å². The number of benzene rings is 2. The number of ketones is 2. The molecule has 0 spiro atoms. The van der Waals surface area contributed by atoms with Crippen molar-refractivity contribution in [3.05, 3.63) is 65.6 Å². The number of nitrogens with one attached hydrogen (secondary N) is 2. The normalized spacial score (nSPS) is 10.4. The highest BCUT2D eigenvalue weighted by atomic mass is 16.2. The first-order valence-electron chi connectivity index (χ1n) is 7.06. The number of anilines is 2. The Bertz CT molecular complexity index is 635. The van der Waals surface area contributed by atoms with E-state index in [0.29, 0.717) is 22.5 Å². The fourth-order valence-corrected chi connectivity index (χ4v) is 2.31. The van der Waals surface area contributed by atoms with E-state index in [1.807, 2.05) is 24.3 Å². The van der Waals surface area contributed by atoms with Crippen molar-refractivity contribution in [3.8, 4) is 0 Å². The van der Waals surface area contributed by atoms with Crippen molar-refractivity contribution in [2.45, 2.75) is 6.92 Å². The zero-order valence-corrected chi connectivity index (χ0v) is 12.9. The highest BCUT2D eigenvalue weighted by Crippen LogP contribution is 2.24. The summed E-state index contributed by atoms with van der Waals surface area (Å²) in [5.41, 5.74) is 2.42. The maximum absolute atomic E-state index is 12.6. The van der Waals surface area contributed by atoms with Gasteiger partial charge in [-0.15, -0.1) is 0 Å². The molecule has 0 aromatic heterocycles. The van der Waals surface area contributed by atoms with Gasteiger partial charge in [-0.05, 0) is 31.2 Å². The fourth-order valence-electron chi connectivity index (χ4n) is 2.31. The summed E-state index contributed by atoms with van der Waals surface area (Å²) < 4.78 is 0. The molecule has 2 rings (SSSR count). The lowest BCUT2D eigenvalue weighted by Gasteiger charge is -2.14. The van der Waals surface area contributed by atoms with Crippen molar-refractivity contribution >= 4 is 22.9 Å². The van der Waals surface area contributed by atoms with Crippen LogP contribution >= 0.6 is 0 Å². The van der Waals surface area contributed by atoms with E-state index in [-0.39, 0.29) is 17.5 Å². The Kier molecular flexibility index (Phi) is 4.94. The first-order chi connectivity index (χ1) is 10.6. The molecule has 2 aromatic carbocycles. The van der Waals surface area contributed by atoms with Crippen molar-refractivity contribution < 1.29 is 9.59 Å². The van der Waals surface area contributed by atoms with E-state index in [9.17, 15) is 9.59 Å². The van der Waals surface area contributed by atoms with Crippen LogP contribution < -0.4 is 10.6 Å². The molecule has 0 amide bonds. The Balaban J connectivity index is 2.32. The molecular weight excluding hydrogens is 276 g/mol. The predicted octanol–water partition coefficient (Wildman–Crippen LogP) is 3.43. The van der Waals surface area contributed by atoms with Gasteiger partial charge in [-0.3, -0.25) is 9.59 Å². The average molecular weight is 295 g/mol. The molecule has 0 fully saturated rings. The lowest BCUT2D eigenvalue weighted by molar-refractivity contribution is 0.0926. The highest BCUT2D eigenvalue weighted by Gasteiger charge is 2.27. The Hall–Kier alpha value is -2.62. The fraction of sp³-hybridized carbons (Fsp3) is 0.167. The van der Waals surface area contributed by atoms with Gasteiger partial charge in [0.2, 0.25) is 0 Å². The number of hydrogen-bond donors (Lipinski definition) is 2. The number of carbonyl (C=O) groups excluding carboxylic acids is 2. The van der Waals surface area contributed by atoms with E-state index < -0.39 is 0 Å². The molecule has 0 saturated heterocycles. The van der Waals surface area contributed by atoms with Gasteiger partial charge < -0.3 is 10.6 Å². The molecule has 0 atom stereocenters. The summed E-state index contributed by atoms with van der Waals surface area (Å²) in [7, 11) is 3.50. The zero-order chi connectivity index (χ0) is 16.1. The monoisotopic (exact) mass is 295 g/mol. The van der Waals surface area contributed by atoms with Crippen LogP contribution in [0.25, 0.3) is 0 Å². The quantitative estimate of drug-likeness (QED) is 0.633. The minimum absolute atomic E-state index is 0.199. The summed E-state index contributed by atoms with van der Waals surface area (Å²) in [6.45, 7) is 1.57. The molecule has 0 aliphatic heterocycles. The van der Waals surface area contributed by atoms with Gasteiger partial charge in [0.15, 0.2) is 11.6 Å². The van der Waals surface area contributed by atoms with Crippen molar-refractivity contribution in [1.29, 1.82) is 0 Å². The smallest absolute Gasteiger partial charge is 0.180 e. The minimum Gasteiger partial charge on any atom is -0.388 e. The third kappa shape index (κ3) is 3.01. The third-order valence-corrected chi connectivity index (χ3v) is 3.56. The first kappa shape index (κ1) is 15.8. The van der Waals surface area contributed by atoms with E-state index in [2.05, 4.69) is 10.6 Å². The van der Waals surface area contributed by atoms with Gasteiger partial charge in [-0.1, -0.05) is 24.3 Å². The van der Waals surface area contributed by atoms with Crippen LogP contribution in [0.4, 0.5) is 11.4 Å². The van der Waals surface area contributed by atoms with Crippen LogP contribution in [0.2, 0.25) is 0 Å². The summed E-state index contributed by atoms with van der Waals surface area (Å²) in [5, 5.41) is 5.95. The Morgan fingerprint density at radius 1 is 0.727 bits per heavy atom. The number of Topliss-reactive ketones (excluding diaryl/α,β-unsaturated/α-hetero) is 2. The van der Waals surface area contributed by atoms with Crippen LogP contribution in [-0.2, 0) is 0 Å². The molecule has 0 aliphatic rings. The molecule has 0 unspecified atom stereocenters. The van der Waals surface area contributed by atoms with Crippen molar-refractivity contribution in [2.75, 3.05) is 24.7 Å². The van der Waals surface area contributed by atoms with Gasteiger partial charge in [-0.2, -0.15) is 0 Å². The third-order valence-electron chi connectivity index (χ3n) is 3.56. The minimum atomic E-state index is -0.263. The van der Waals surface area contributed by atoms with E-state index in [4.69, 9.17) is 0 Å². The van der Waals surface area contributed by atoms with Gasteiger partial charge in [0.25, 0.3) is 0 Å². The predicted molar refractivity (Wildman–Crippen MR) is 89.6 cm³/mol. The number of carbonyl (C=O) groups is 2. The van der Waals surface area contributed by atoms with Crippen molar-refractivity contribution in [1.82, 2.24) is 0 Å². The van der Waals surface area contributed by atoms with Gasteiger partial charge in [0.05, 0.1) is 0 Å². The summed E-state index contributed by atoms with van der Waals surface area (Å²) in [6, 6.07) is 14.3. The Morgan fingerprint density at radius 3 is 1.45 bits per heavy atom. The lowest BCUT2D eigenvalue weighted by Crippen LogP contribution is -2.21. The van der Waals surface area contributed by atoms with Crippen LogP contribution in [0.3, 0.4) is 0 Å². The number of rotatable bonds is 6. The second-order valence-electron chi connectivity index (χ2n) is 4.87. The standard InChI is InChI=1S/C18H19N2O2/c1-12(17(21)13-8-4-6-10-15(13)19-2)18(22)14-9-5-7-11-16(14)20-3/h4-11,19-20H,1-3H3. The van der Waals surface area contributed by atoms with Crippen LogP contribution in [-0.4, -0.2) is 25.7 Å². The van der Waals surface area contributed by atoms with Gasteiger partial charge in [0, 0.05) is 36.6 Å². The van der Waals surface area contributed by atoms with Gasteiger partial charge in [-0.25, -0.2) is 0 Å². The summed E-state index contributed by atoms with van der Waals surface area (Å²) in [6.07, 6.45) is 0. The molecule has 4 heteroatoms. The average Bonchev–Trinajstić information content (AvgIpc) is 2.59. The summed E-state index contributed by atoms with van der Waals surface area (Å²) >= 11 is 0. The molecule has 22 heavy (non-hydrogen) atoms. The maximum atomic E-state index is 12.6. The van der Waals surface area contributed by atoms with Gasteiger partial charge in [0.1, 0.15) is 5.92 Å². The van der Waals surface area contributed by atoms with Crippen LogP contribution in [0.1, 0.15) is 27.6 Å². The topological polar surface area (TPSA) is 58.2 Å². The summed E-state index contributed by atoms with van der Waals surface area (Å²) in [4.78, 5) is 25.2. The second-order valence-corrected chi connectivity index (χ2v) is 4.87. The largest absolute Gasteiger partial charge is 0.388 e. The SMILES string of the molecule is CNc1ccccc1C(=O)[C](C)C(=O)c1ccccc1NC. The van der Waals surface area contributed by atoms with E-state index >= 15 is 0 Å². The van der Waals surface area contributed by atoms with Crippen LogP contribution in [0.15, 0.2) is 48.5 Å². The van der Waals surface area contributed by atoms with E-state index in [1.54, 1.807) is 45.3 Å². The molecule has 0 bridgehead atoms. The highest BCUT2D eigenvalue weighted by molar-refractivity contribution is 6.29. The zero-order valence-electron chi connectivity index (χ0n) is 12.9. The van der Waals surface area contributed by atoms with Crippen molar-refractivity contribution in [3.63, 3.8) is 0 Å². The molecule has 0 saturated carbocycles. The summed E-state index contributed by atoms with van der Waals surface area (Å²) in [5.74, 6) is -0.327. The van der Waals surface area contributed by atoms with E-state index in [1.165, 1.54) is 0 Å². The molecule has 2 aromatic rings. The Morgan fingerprint density at radius 2 is 1.09 bits per heavy atom. The molecule has 2 N–H and O–H groups in total. The number of hydrogen-bond acceptors (Lipinski definition) is 4. The van der Waals surface area contributed by atoms with Crippen molar-refractivity contribution in [2.24, 2.45) is 0 Å². The Labute approximate surface area is 130 Å². The molecular formula is C18H19N2O2. The second kappa shape index (κ2) is 6.89.